The lowest BCUT2D eigenvalue weighted by Gasteiger charge is -2.37. The number of nitrogens with zero attached hydrogens (tertiary/aromatic N) is 3. The van der Waals surface area contributed by atoms with Gasteiger partial charge in [0.1, 0.15) is 0 Å². The van der Waals surface area contributed by atoms with Crippen molar-refractivity contribution in [3.05, 3.63) is 70.9 Å². The van der Waals surface area contributed by atoms with Crippen LogP contribution in [0.2, 0.25) is 0 Å². The minimum absolute atomic E-state index is 1.09. The first-order chi connectivity index (χ1) is 15.6. The predicted molar refractivity (Wildman–Crippen MR) is 139 cm³/mol. The highest BCUT2D eigenvalue weighted by molar-refractivity contribution is 5.61. The lowest BCUT2D eigenvalue weighted by Crippen LogP contribution is -2.46. The van der Waals surface area contributed by atoms with Gasteiger partial charge in [0, 0.05) is 49.8 Å². The third-order valence-electron chi connectivity index (χ3n) is 7.43. The molecule has 0 radical (unpaired) electrons. The van der Waals surface area contributed by atoms with E-state index < -0.39 is 0 Å². The van der Waals surface area contributed by atoms with Gasteiger partial charge in [-0.2, -0.15) is 0 Å². The third kappa shape index (κ3) is 5.20. The zero-order valence-corrected chi connectivity index (χ0v) is 20.5. The smallest absolute Gasteiger partial charge is 0.0440 e. The summed E-state index contributed by atoms with van der Waals surface area (Å²) in [7, 11) is 0. The molecule has 0 aromatic heterocycles. The van der Waals surface area contributed by atoms with Crippen LogP contribution in [0.25, 0.3) is 0 Å². The second kappa shape index (κ2) is 10.6. The summed E-state index contributed by atoms with van der Waals surface area (Å²) in [6, 6.07) is 13.9. The molecule has 0 bridgehead atoms. The molecule has 0 saturated carbocycles. The molecule has 0 amide bonds. The van der Waals surface area contributed by atoms with Crippen molar-refractivity contribution >= 4 is 11.4 Å². The molecule has 4 rings (SSSR count). The molecule has 1 saturated heterocycles. The average Bonchev–Trinajstić information content (AvgIpc) is 2.81. The van der Waals surface area contributed by atoms with Crippen molar-refractivity contribution in [2.75, 3.05) is 49.1 Å². The van der Waals surface area contributed by atoms with E-state index in [2.05, 4.69) is 78.4 Å². The Kier molecular flexibility index (Phi) is 7.57. The number of hydrogen-bond donors (Lipinski definition) is 0. The fourth-order valence-electron chi connectivity index (χ4n) is 5.30. The summed E-state index contributed by atoms with van der Waals surface area (Å²) < 4.78 is 0. The summed E-state index contributed by atoms with van der Waals surface area (Å²) in [4.78, 5) is 7.66. The van der Waals surface area contributed by atoms with E-state index in [1.165, 1.54) is 84.6 Å². The molecular formula is C29H41N3. The van der Waals surface area contributed by atoms with E-state index in [0.717, 1.165) is 32.5 Å². The fourth-order valence-corrected chi connectivity index (χ4v) is 5.30. The Morgan fingerprint density at radius 1 is 0.875 bits per heavy atom. The zero-order valence-electron chi connectivity index (χ0n) is 20.5. The van der Waals surface area contributed by atoms with E-state index in [9.17, 15) is 0 Å². The van der Waals surface area contributed by atoms with Gasteiger partial charge in [-0.3, -0.25) is 4.90 Å². The highest BCUT2D eigenvalue weighted by atomic mass is 15.3. The van der Waals surface area contributed by atoms with Crippen LogP contribution in [0.3, 0.4) is 0 Å². The lowest BCUT2D eigenvalue weighted by atomic mass is 9.95. The van der Waals surface area contributed by atoms with Gasteiger partial charge in [0.2, 0.25) is 0 Å². The highest BCUT2D eigenvalue weighted by Crippen LogP contribution is 2.33. The highest BCUT2D eigenvalue weighted by Gasteiger charge is 2.20. The van der Waals surface area contributed by atoms with Crippen molar-refractivity contribution in [1.29, 1.82) is 0 Å². The van der Waals surface area contributed by atoms with Crippen LogP contribution >= 0.6 is 0 Å². The number of fused-ring (bicyclic) bond motifs is 1. The van der Waals surface area contributed by atoms with Crippen LogP contribution in [0, 0.1) is 13.8 Å². The van der Waals surface area contributed by atoms with Gasteiger partial charge in [-0.15, -0.1) is 0 Å². The van der Waals surface area contributed by atoms with E-state index in [4.69, 9.17) is 0 Å². The first kappa shape index (κ1) is 22.9. The summed E-state index contributed by atoms with van der Waals surface area (Å²) in [5.41, 5.74) is 9.97. The van der Waals surface area contributed by atoms with Gasteiger partial charge in [-0.1, -0.05) is 37.8 Å². The molecule has 2 aliphatic heterocycles. The zero-order chi connectivity index (χ0) is 22.5. The van der Waals surface area contributed by atoms with Gasteiger partial charge in [-0.05, 0) is 93.3 Å². The fraction of sp³-hybridized carbons (Fsp3) is 0.517. The van der Waals surface area contributed by atoms with Gasteiger partial charge in [0.05, 0.1) is 0 Å². The molecular weight excluding hydrogens is 390 g/mol. The number of benzene rings is 2. The quantitative estimate of drug-likeness (QED) is 0.466. The molecule has 1 fully saturated rings. The second-order valence-corrected chi connectivity index (χ2v) is 9.69. The number of unbranched alkanes of at least 4 members (excludes halogenated alkanes) is 1. The Bertz CT molecular complexity index is 924. The topological polar surface area (TPSA) is 9.72 Å². The van der Waals surface area contributed by atoms with Crippen LogP contribution in [0.1, 0.15) is 54.9 Å². The van der Waals surface area contributed by atoms with Crippen LogP contribution in [-0.2, 0) is 12.8 Å². The number of anilines is 2. The van der Waals surface area contributed by atoms with Crippen molar-refractivity contribution in [2.24, 2.45) is 0 Å². The molecule has 3 nitrogen and oxygen atoms in total. The number of hydrogen-bond acceptors (Lipinski definition) is 3. The molecule has 0 N–H and O–H groups in total. The molecule has 2 heterocycles. The van der Waals surface area contributed by atoms with Crippen LogP contribution < -0.4 is 9.80 Å². The Labute approximate surface area is 195 Å². The number of rotatable bonds is 8. The first-order valence-corrected chi connectivity index (χ1v) is 12.7. The summed E-state index contributed by atoms with van der Waals surface area (Å²) >= 11 is 0. The van der Waals surface area contributed by atoms with E-state index >= 15 is 0 Å². The number of aryl methyl sites for hydroxylation is 3. The minimum atomic E-state index is 1.09. The van der Waals surface area contributed by atoms with Crippen molar-refractivity contribution in [1.82, 2.24) is 4.90 Å². The van der Waals surface area contributed by atoms with Crippen molar-refractivity contribution in [3.8, 4) is 0 Å². The molecule has 2 aliphatic rings. The van der Waals surface area contributed by atoms with Crippen molar-refractivity contribution in [2.45, 2.75) is 59.3 Å². The Morgan fingerprint density at radius 2 is 1.69 bits per heavy atom. The second-order valence-electron chi connectivity index (χ2n) is 9.69. The van der Waals surface area contributed by atoms with Gasteiger partial charge in [-0.25, -0.2) is 0 Å². The van der Waals surface area contributed by atoms with Gasteiger partial charge in [0.15, 0.2) is 0 Å². The average molecular weight is 432 g/mol. The molecule has 0 atom stereocenters. The van der Waals surface area contributed by atoms with Gasteiger partial charge < -0.3 is 9.80 Å². The van der Waals surface area contributed by atoms with E-state index in [-0.39, 0.29) is 0 Å². The maximum Gasteiger partial charge on any atom is 0.0440 e. The maximum absolute atomic E-state index is 4.29. The summed E-state index contributed by atoms with van der Waals surface area (Å²) in [5.74, 6) is 0. The van der Waals surface area contributed by atoms with Crippen molar-refractivity contribution < 1.29 is 0 Å². The molecule has 0 spiro atoms. The predicted octanol–water partition coefficient (Wildman–Crippen LogP) is 6.12. The molecule has 0 aliphatic carbocycles. The normalized spacial score (nSPS) is 17.0. The van der Waals surface area contributed by atoms with Crippen LogP contribution in [-0.4, -0.2) is 44.2 Å². The molecule has 2 aromatic rings. The Hall–Kier alpha value is -2.26. The van der Waals surface area contributed by atoms with Crippen molar-refractivity contribution in [3.63, 3.8) is 0 Å². The maximum atomic E-state index is 4.29. The SMILES string of the molecule is C=C1CCc2cc(CCCCN3CCN(c4cccc(C)c4C)CC3)ccc2N1CCC. The van der Waals surface area contributed by atoms with Crippen LogP contribution in [0.4, 0.5) is 11.4 Å². The molecule has 2 aromatic carbocycles. The van der Waals surface area contributed by atoms with E-state index in [1.807, 2.05) is 0 Å². The Morgan fingerprint density at radius 3 is 2.47 bits per heavy atom. The summed E-state index contributed by atoms with van der Waals surface area (Å²) in [6.45, 7) is 18.0. The first-order valence-electron chi connectivity index (χ1n) is 12.7. The van der Waals surface area contributed by atoms with Crippen LogP contribution in [0.5, 0.6) is 0 Å². The Balaban J connectivity index is 1.22. The monoisotopic (exact) mass is 431 g/mol. The lowest BCUT2D eigenvalue weighted by molar-refractivity contribution is 0.253. The van der Waals surface area contributed by atoms with E-state index in [1.54, 1.807) is 0 Å². The summed E-state index contributed by atoms with van der Waals surface area (Å²) in [5, 5.41) is 0. The van der Waals surface area contributed by atoms with Crippen LogP contribution in [0.15, 0.2) is 48.7 Å². The third-order valence-corrected chi connectivity index (χ3v) is 7.43. The largest absolute Gasteiger partial charge is 0.369 e. The minimum Gasteiger partial charge on any atom is -0.369 e. The molecule has 172 valence electrons. The molecule has 32 heavy (non-hydrogen) atoms. The standard InChI is InChI=1S/C29H41N3/c1-5-16-32-24(3)12-14-27-22-26(13-15-29(27)32)10-6-7-17-30-18-20-31(21-19-30)28-11-8-9-23(2)25(28)4/h8-9,11,13,15,22H,3,5-7,10,12,14,16-21H2,1-2,4H3. The van der Waals surface area contributed by atoms with Gasteiger partial charge >= 0.3 is 0 Å². The number of allylic oxidation sites excluding steroid dienone is 1. The van der Waals surface area contributed by atoms with Gasteiger partial charge in [0.25, 0.3) is 0 Å². The number of piperazine rings is 1. The molecule has 3 heteroatoms. The molecule has 0 unspecified atom stereocenters. The van der Waals surface area contributed by atoms with E-state index in [0.29, 0.717) is 0 Å². The summed E-state index contributed by atoms with van der Waals surface area (Å²) in [6.07, 6.45) is 7.18.